The van der Waals surface area contributed by atoms with Gasteiger partial charge in [-0.15, -0.1) is 11.3 Å². The molecule has 2 N–H and O–H groups in total. The molecule has 7 nitrogen and oxygen atoms in total. The number of halogens is 1. The van der Waals surface area contributed by atoms with E-state index in [0.717, 1.165) is 11.3 Å². The van der Waals surface area contributed by atoms with Crippen LogP contribution in [0.1, 0.15) is 41.3 Å². The summed E-state index contributed by atoms with van der Waals surface area (Å²) in [7, 11) is 3.34. The molecule has 2 aromatic heterocycles. The first-order valence-electron chi connectivity index (χ1n) is 10.8. The Hall–Kier alpha value is -2.90. The Bertz CT molecular complexity index is 1190. The van der Waals surface area contributed by atoms with Gasteiger partial charge in [0.25, 0.3) is 0 Å². The summed E-state index contributed by atoms with van der Waals surface area (Å²) in [5.41, 5.74) is 0.712. The number of alkyl halides is 1. The highest BCUT2D eigenvalue weighted by Gasteiger charge is 2.42. The van der Waals surface area contributed by atoms with E-state index in [4.69, 9.17) is 14.6 Å². The second-order valence-electron chi connectivity index (χ2n) is 7.68. The van der Waals surface area contributed by atoms with Gasteiger partial charge in [0.05, 0.1) is 23.7 Å². The predicted molar refractivity (Wildman–Crippen MR) is 135 cm³/mol. The van der Waals surface area contributed by atoms with E-state index in [9.17, 15) is 9.59 Å². The summed E-state index contributed by atoms with van der Waals surface area (Å²) in [6, 6.07) is 7.62. The normalized spacial score (nSPS) is 12.7. The number of methoxy groups -OCH3 is 1. The number of benzene rings is 1. The highest BCUT2D eigenvalue weighted by atomic mass is 32.1. The molecule has 34 heavy (non-hydrogen) atoms. The summed E-state index contributed by atoms with van der Waals surface area (Å²) < 4.78 is 26.0. The van der Waals surface area contributed by atoms with Crippen LogP contribution in [0, 0.1) is 12.3 Å². The van der Waals surface area contributed by atoms with E-state index in [1.54, 1.807) is 30.2 Å². The number of nitrogens with zero attached hydrogens (tertiary/aromatic N) is 1. The number of rotatable bonds is 12. The molecule has 0 aliphatic rings. The minimum atomic E-state index is -2.75. The van der Waals surface area contributed by atoms with Gasteiger partial charge in [-0.25, -0.2) is 9.37 Å². The molecule has 2 unspecified atom stereocenters. The first kappa shape index (κ1) is 25.7. The van der Waals surface area contributed by atoms with Gasteiger partial charge in [0.15, 0.2) is 5.78 Å². The van der Waals surface area contributed by atoms with Crippen LogP contribution < -0.4 is 10.1 Å². The lowest BCUT2D eigenvalue weighted by Gasteiger charge is -2.19. The molecule has 0 saturated heterocycles. The molecule has 0 fully saturated rings. The van der Waals surface area contributed by atoms with Crippen LogP contribution in [0.4, 0.5) is 9.39 Å². The number of oxazole rings is 1. The molecule has 1 aromatic carbocycles. The molecule has 3 aromatic rings. The second-order valence-corrected chi connectivity index (χ2v) is 9.49. The number of carbonyl (C=O) groups is 2. The molecule has 0 amide bonds. The second kappa shape index (κ2) is 11.0. The molecule has 2 heterocycles. The zero-order valence-corrected chi connectivity index (χ0v) is 21.2. The van der Waals surface area contributed by atoms with Crippen molar-refractivity contribution in [3.8, 4) is 16.5 Å². The number of anilines is 1. The molecule has 0 saturated carbocycles. The fraction of sp³-hybridized carbons (Fsp3) is 0.333. The molecule has 180 valence electrons. The van der Waals surface area contributed by atoms with Crippen molar-refractivity contribution in [3.05, 3.63) is 53.4 Å². The van der Waals surface area contributed by atoms with E-state index < -0.39 is 22.7 Å². The maximum Gasteiger partial charge on any atom is 0.236 e. The lowest BCUT2D eigenvalue weighted by molar-refractivity contribution is -0.123. The highest BCUT2D eigenvalue weighted by molar-refractivity contribution is 7.24. The van der Waals surface area contributed by atoms with Crippen molar-refractivity contribution in [2.45, 2.75) is 38.5 Å². The van der Waals surface area contributed by atoms with Crippen molar-refractivity contribution in [3.63, 3.8) is 0 Å². The molecule has 0 aliphatic carbocycles. The number of hydrogen-bond donors (Lipinski definition) is 2. The highest BCUT2D eigenvalue weighted by Crippen LogP contribution is 2.41. The molecule has 10 heteroatoms. The van der Waals surface area contributed by atoms with Crippen molar-refractivity contribution in [1.29, 1.82) is 5.41 Å². The third kappa shape index (κ3) is 5.26. The monoisotopic (exact) mass is 503 g/mol. The van der Waals surface area contributed by atoms with Gasteiger partial charge in [-0.05, 0) is 37.0 Å². The van der Waals surface area contributed by atoms with Crippen LogP contribution in [0.15, 0.2) is 41.1 Å². The Morgan fingerprint density at radius 3 is 2.74 bits per heavy atom. The maximum absolute atomic E-state index is 15.2. The third-order valence-corrected chi connectivity index (χ3v) is 7.19. The van der Waals surface area contributed by atoms with Crippen LogP contribution in [0.2, 0.25) is 0 Å². The average Bonchev–Trinajstić information content (AvgIpc) is 3.46. The zero-order chi connectivity index (χ0) is 24.9. The Labute approximate surface area is 203 Å². The van der Waals surface area contributed by atoms with Crippen molar-refractivity contribution in [1.82, 2.24) is 4.98 Å². The van der Waals surface area contributed by atoms with Crippen molar-refractivity contribution >= 4 is 42.9 Å². The van der Waals surface area contributed by atoms with Crippen LogP contribution in [-0.2, 0) is 11.2 Å². The summed E-state index contributed by atoms with van der Waals surface area (Å²) >= 11 is 1.23. The Morgan fingerprint density at radius 2 is 2.09 bits per heavy atom. The zero-order valence-electron chi connectivity index (χ0n) is 19.2. The quantitative estimate of drug-likeness (QED) is 0.192. The standard InChI is InChI=1S/C24H27FN3O4PS/c1-4-7-17(29)24(25,33)21(26)19(30)18-14(2)20(22-27-12-13-32-22)34-23(18)28-11-10-15-8-5-6-9-16(15)31-3/h5-6,8-9,12-13,26,28H,4,7,10-11,33H2,1-3H3. The van der Waals surface area contributed by atoms with Gasteiger partial charge in [0.1, 0.15) is 22.7 Å². The van der Waals surface area contributed by atoms with Crippen molar-refractivity contribution < 1.29 is 23.1 Å². The first-order chi connectivity index (χ1) is 16.2. The van der Waals surface area contributed by atoms with Gasteiger partial charge in [0.2, 0.25) is 17.1 Å². The first-order valence-corrected chi connectivity index (χ1v) is 12.2. The van der Waals surface area contributed by atoms with E-state index in [0.29, 0.717) is 40.7 Å². The predicted octanol–water partition coefficient (Wildman–Crippen LogP) is 5.49. The Balaban J connectivity index is 1.93. The van der Waals surface area contributed by atoms with Gasteiger partial charge >= 0.3 is 0 Å². The Kier molecular flexibility index (Phi) is 8.33. The number of nitrogens with one attached hydrogen (secondary N) is 2. The Morgan fingerprint density at radius 1 is 1.35 bits per heavy atom. The van der Waals surface area contributed by atoms with Crippen LogP contribution in [0.3, 0.4) is 0 Å². The van der Waals surface area contributed by atoms with E-state index in [1.165, 1.54) is 23.8 Å². The topological polar surface area (TPSA) is 105 Å². The van der Waals surface area contributed by atoms with Crippen LogP contribution in [0.25, 0.3) is 10.8 Å². The molecule has 0 bridgehead atoms. The van der Waals surface area contributed by atoms with Gasteiger partial charge in [-0.3, -0.25) is 15.0 Å². The number of carbonyl (C=O) groups excluding carboxylic acids is 2. The van der Waals surface area contributed by atoms with Gasteiger partial charge in [-0.1, -0.05) is 34.4 Å². The van der Waals surface area contributed by atoms with Crippen molar-refractivity contribution in [2.24, 2.45) is 0 Å². The summed E-state index contributed by atoms with van der Waals surface area (Å²) in [6.07, 6.45) is 3.87. The lowest BCUT2D eigenvalue weighted by Crippen LogP contribution is -2.40. The number of ketones is 2. The molecule has 0 radical (unpaired) electrons. The smallest absolute Gasteiger partial charge is 0.236 e. The fourth-order valence-corrected chi connectivity index (χ4v) is 4.95. The van der Waals surface area contributed by atoms with Gasteiger partial charge in [0, 0.05) is 13.0 Å². The average molecular weight is 504 g/mol. The summed E-state index contributed by atoms with van der Waals surface area (Å²) in [6.45, 7) is 3.88. The largest absolute Gasteiger partial charge is 0.496 e. The molecule has 0 aliphatic heterocycles. The molecular weight excluding hydrogens is 476 g/mol. The van der Waals surface area contributed by atoms with Crippen LogP contribution in [-0.4, -0.2) is 41.3 Å². The molecule has 3 rings (SSSR count). The number of Topliss-reactive ketones (excluding diaryl/α,β-unsaturated/α-hetero) is 2. The SMILES string of the molecule is CCCC(=O)C(F)(P)C(=N)C(=O)c1c(NCCc2ccccc2OC)sc(-c2ncco2)c1C. The van der Waals surface area contributed by atoms with E-state index >= 15 is 4.39 Å². The van der Waals surface area contributed by atoms with Crippen molar-refractivity contribution in [2.75, 3.05) is 19.0 Å². The van der Waals surface area contributed by atoms with E-state index in [-0.39, 0.29) is 12.0 Å². The minimum absolute atomic E-state index is 0.0656. The summed E-state index contributed by atoms with van der Waals surface area (Å²) in [5.74, 6) is -0.594. The lowest BCUT2D eigenvalue weighted by atomic mass is 9.97. The minimum Gasteiger partial charge on any atom is -0.496 e. The fourth-order valence-electron chi connectivity index (χ4n) is 3.51. The number of hydrogen-bond acceptors (Lipinski definition) is 8. The van der Waals surface area contributed by atoms with E-state index in [2.05, 4.69) is 10.3 Å². The van der Waals surface area contributed by atoms with Crippen LogP contribution in [0.5, 0.6) is 5.75 Å². The van der Waals surface area contributed by atoms with Crippen LogP contribution >= 0.6 is 20.6 Å². The number of para-hydroxylation sites is 1. The van der Waals surface area contributed by atoms with Gasteiger partial charge in [-0.2, -0.15) is 0 Å². The summed E-state index contributed by atoms with van der Waals surface area (Å²) in [4.78, 5) is 30.3. The van der Waals surface area contributed by atoms with Gasteiger partial charge < -0.3 is 14.5 Å². The molecule has 0 spiro atoms. The van der Waals surface area contributed by atoms with E-state index in [1.807, 2.05) is 24.3 Å². The molecule has 2 atom stereocenters. The number of ether oxygens (including phenoxy) is 1. The maximum atomic E-state index is 15.2. The third-order valence-electron chi connectivity index (χ3n) is 5.35. The number of aromatic nitrogens is 1. The number of thiophene rings is 1. The summed E-state index contributed by atoms with van der Waals surface area (Å²) in [5, 5.41) is 9.19. The molecular formula is C24H27FN3O4PS.